The number of halogens is 2. The lowest BCUT2D eigenvalue weighted by Crippen LogP contribution is -2.14. The Kier molecular flexibility index (Phi) is 6.32. The van der Waals surface area contributed by atoms with Crippen LogP contribution in [0.5, 0.6) is 5.75 Å². The van der Waals surface area contributed by atoms with Gasteiger partial charge in [-0.25, -0.2) is 8.78 Å². The van der Waals surface area contributed by atoms with Crippen LogP contribution in [0.2, 0.25) is 0 Å². The minimum Gasteiger partial charge on any atom is -0.485 e. The summed E-state index contributed by atoms with van der Waals surface area (Å²) in [5, 5.41) is 2.43. The Morgan fingerprint density at radius 1 is 0.867 bits per heavy atom. The smallest absolute Gasteiger partial charge is 0.221 e. The maximum Gasteiger partial charge on any atom is 0.221 e. The van der Waals surface area contributed by atoms with E-state index in [0.717, 1.165) is 6.07 Å². The van der Waals surface area contributed by atoms with Gasteiger partial charge in [-0.2, -0.15) is 0 Å². The highest BCUT2D eigenvalue weighted by Crippen LogP contribution is 2.18. The van der Waals surface area contributed by atoms with Crippen LogP contribution in [0.4, 0.5) is 14.5 Å². The van der Waals surface area contributed by atoms with Gasteiger partial charge >= 0.3 is 0 Å². The van der Waals surface area contributed by atoms with Crippen molar-refractivity contribution >= 4 is 23.2 Å². The van der Waals surface area contributed by atoms with Crippen molar-refractivity contribution in [3.63, 3.8) is 0 Å². The quantitative estimate of drug-likeness (QED) is 0.587. The van der Waals surface area contributed by atoms with Crippen LogP contribution < -0.4 is 10.1 Å². The van der Waals surface area contributed by atoms with E-state index in [1.165, 1.54) is 67.6 Å². The number of Topliss-reactive ketones (excluding diaryl/α,β-unsaturated/α-hetero) is 1. The van der Waals surface area contributed by atoms with Crippen LogP contribution in [0.25, 0.3) is 0 Å². The first-order valence-corrected chi connectivity index (χ1v) is 8.97. The SMILES string of the molecule is CC(=O)Nc1ccc(C(=O)COc2ccc(C(=O)c3ccc(F)cc3)cc2)c(F)c1. The molecule has 0 unspecified atom stereocenters. The first-order valence-electron chi connectivity index (χ1n) is 8.97. The third-order valence-electron chi connectivity index (χ3n) is 4.18. The number of anilines is 1. The van der Waals surface area contributed by atoms with Crippen LogP contribution in [0.3, 0.4) is 0 Å². The van der Waals surface area contributed by atoms with E-state index >= 15 is 0 Å². The van der Waals surface area contributed by atoms with Crippen molar-refractivity contribution in [2.45, 2.75) is 6.92 Å². The van der Waals surface area contributed by atoms with E-state index in [-0.39, 0.29) is 22.9 Å². The van der Waals surface area contributed by atoms with Gasteiger partial charge in [0.1, 0.15) is 17.4 Å². The Bertz CT molecular complexity index is 1090. The third-order valence-corrected chi connectivity index (χ3v) is 4.18. The zero-order chi connectivity index (χ0) is 21.7. The van der Waals surface area contributed by atoms with Crippen molar-refractivity contribution in [2.75, 3.05) is 11.9 Å². The van der Waals surface area contributed by atoms with Crippen molar-refractivity contribution in [3.05, 3.63) is 95.1 Å². The molecule has 0 heterocycles. The molecule has 3 aromatic carbocycles. The largest absolute Gasteiger partial charge is 0.485 e. The van der Waals surface area contributed by atoms with Gasteiger partial charge in [0.05, 0.1) is 5.56 Å². The fourth-order valence-corrected chi connectivity index (χ4v) is 2.72. The lowest BCUT2D eigenvalue weighted by molar-refractivity contribution is -0.114. The number of amides is 1. The molecule has 1 N–H and O–H groups in total. The molecule has 3 rings (SSSR count). The van der Waals surface area contributed by atoms with Crippen LogP contribution in [0.15, 0.2) is 66.7 Å². The minimum atomic E-state index is -0.768. The van der Waals surface area contributed by atoms with E-state index in [1.54, 1.807) is 0 Å². The van der Waals surface area contributed by atoms with Gasteiger partial charge in [-0.1, -0.05) is 0 Å². The highest BCUT2D eigenvalue weighted by Gasteiger charge is 2.14. The monoisotopic (exact) mass is 409 g/mol. The molecule has 0 aliphatic carbocycles. The standard InChI is InChI=1S/C23H17F2NO4/c1-14(27)26-18-8-11-20(21(25)12-18)22(28)13-30-19-9-4-16(5-10-19)23(29)15-2-6-17(24)7-3-15/h2-12H,13H2,1H3,(H,26,27). The van der Waals surface area contributed by atoms with Crippen molar-refractivity contribution in [2.24, 2.45) is 0 Å². The average Bonchev–Trinajstić information content (AvgIpc) is 2.72. The van der Waals surface area contributed by atoms with Crippen LogP contribution in [-0.2, 0) is 4.79 Å². The Morgan fingerprint density at radius 2 is 1.47 bits per heavy atom. The fraction of sp³-hybridized carbons (Fsp3) is 0.0870. The maximum absolute atomic E-state index is 14.1. The summed E-state index contributed by atoms with van der Waals surface area (Å²) in [6.07, 6.45) is 0. The molecule has 0 saturated carbocycles. The van der Waals surface area contributed by atoms with Gasteiger partial charge in [-0.05, 0) is 66.7 Å². The van der Waals surface area contributed by atoms with E-state index in [0.29, 0.717) is 16.9 Å². The summed E-state index contributed by atoms with van der Waals surface area (Å²) in [5.74, 6) is -2.07. The minimum absolute atomic E-state index is 0.160. The molecular weight excluding hydrogens is 392 g/mol. The number of ether oxygens (including phenoxy) is 1. The van der Waals surface area contributed by atoms with E-state index in [1.807, 2.05) is 0 Å². The Labute approximate surface area is 171 Å². The summed E-state index contributed by atoms with van der Waals surface area (Å²) < 4.78 is 32.5. The number of benzene rings is 3. The number of hydrogen-bond acceptors (Lipinski definition) is 4. The van der Waals surface area contributed by atoms with E-state index < -0.39 is 24.0 Å². The summed E-state index contributed by atoms with van der Waals surface area (Å²) >= 11 is 0. The number of ketones is 2. The first kappa shape index (κ1) is 20.9. The van der Waals surface area contributed by atoms with Crippen LogP contribution in [0, 0.1) is 11.6 Å². The molecule has 0 atom stereocenters. The van der Waals surface area contributed by atoms with Gasteiger partial charge < -0.3 is 10.1 Å². The lowest BCUT2D eigenvalue weighted by Gasteiger charge is -2.08. The topological polar surface area (TPSA) is 72.5 Å². The molecule has 0 aliphatic rings. The van der Waals surface area contributed by atoms with E-state index in [9.17, 15) is 23.2 Å². The highest BCUT2D eigenvalue weighted by atomic mass is 19.1. The van der Waals surface area contributed by atoms with Crippen molar-refractivity contribution in [3.8, 4) is 5.75 Å². The highest BCUT2D eigenvalue weighted by molar-refractivity contribution is 6.09. The molecule has 0 radical (unpaired) electrons. The summed E-state index contributed by atoms with van der Waals surface area (Å²) in [6, 6.07) is 15.0. The second kappa shape index (κ2) is 9.09. The first-order chi connectivity index (χ1) is 14.3. The molecule has 0 fully saturated rings. The molecule has 30 heavy (non-hydrogen) atoms. The molecule has 1 amide bonds. The number of nitrogens with one attached hydrogen (secondary N) is 1. The summed E-state index contributed by atoms with van der Waals surface area (Å²) in [5.41, 5.74) is 0.810. The van der Waals surface area contributed by atoms with Gasteiger partial charge in [-0.15, -0.1) is 0 Å². The number of carbonyl (C=O) groups excluding carboxylic acids is 3. The van der Waals surface area contributed by atoms with Crippen LogP contribution in [-0.4, -0.2) is 24.1 Å². The molecule has 0 aromatic heterocycles. The molecule has 0 bridgehead atoms. The average molecular weight is 409 g/mol. The molecule has 0 spiro atoms. The molecule has 3 aromatic rings. The predicted octanol–water partition coefficient (Wildman–Crippen LogP) is 4.42. The molecule has 0 aliphatic heterocycles. The predicted molar refractivity (Wildman–Crippen MR) is 107 cm³/mol. The number of rotatable bonds is 7. The summed E-state index contributed by atoms with van der Waals surface area (Å²) in [4.78, 5) is 35.6. The Balaban J connectivity index is 1.62. The van der Waals surface area contributed by atoms with Crippen LogP contribution in [0.1, 0.15) is 33.2 Å². The number of hydrogen-bond donors (Lipinski definition) is 1. The van der Waals surface area contributed by atoms with Gasteiger partial charge in [0.2, 0.25) is 11.7 Å². The molecule has 0 saturated heterocycles. The second-order valence-electron chi connectivity index (χ2n) is 6.45. The number of carbonyl (C=O) groups is 3. The molecular formula is C23H17F2NO4. The summed E-state index contributed by atoms with van der Waals surface area (Å²) in [6.45, 7) is 0.894. The van der Waals surface area contributed by atoms with Crippen molar-refractivity contribution < 1.29 is 27.9 Å². The third kappa shape index (κ3) is 5.14. The Hall–Kier alpha value is -3.87. The van der Waals surface area contributed by atoms with Crippen LogP contribution >= 0.6 is 0 Å². The van der Waals surface area contributed by atoms with E-state index in [4.69, 9.17) is 4.74 Å². The van der Waals surface area contributed by atoms with E-state index in [2.05, 4.69) is 5.32 Å². The van der Waals surface area contributed by atoms with Gasteiger partial charge in [-0.3, -0.25) is 14.4 Å². The molecule has 152 valence electrons. The van der Waals surface area contributed by atoms with Crippen molar-refractivity contribution in [1.29, 1.82) is 0 Å². The molecule has 7 heteroatoms. The normalized spacial score (nSPS) is 10.4. The second-order valence-corrected chi connectivity index (χ2v) is 6.45. The van der Waals surface area contributed by atoms with Gasteiger partial charge in [0.25, 0.3) is 0 Å². The van der Waals surface area contributed by atoms with Crippen molar-refractivity contribution in [1.82, 2.24) is 0 Å². The van der Waals surface area contributed by atoms with Gasteiger partial charge in [0.15, 0.2) is 12.4 Å². The van der Waals surface area contributed by atoms with Gasteiger partial charge in [0, 0.05) is 23.7 Å². The zero-order valence-electron chi connectivity index (χ0n) is 15.9. The Morgan fingerprint density at radius 3 is 2.03 bits per heavy atom. The zero-order valence-corrected chi connectivity index (χ0v) is 15.9. The molecule has 5 nitrogen and oxygen atoms in total. The summed E-state index contributed by atoms with van der Waals surface area (Å²) in [7, 11) is 0. The lowest BCUT2D eigenvalue weighted by atomic mass is 10.0. The maximum atomic E-state index is 14.1. The fourth-order valence-electron chi connectivity index (χ4n) is 2.72.